The third-order valence-electron chi connectivity index (χ3n) is 2.16. The Hall–Kier alpha value is -2.41. The van der Waals surface area contributed by atoms with E-state index in [1.54, 1.807) is 6.07 Å². The number of carbonyl (C=O) groups is 2. The van der Waals surface area contributed by atoms with Crippen molar-refractivity contribution < 1.29 is 29.0 Å². The topological polar surface area (TPSA) is 87.1 Å². The van der Waals surface area contributed by atoms with E-state index in [0.29, 0.717) is 11.6 Å². The van der Waals surface area contributed by atoms with Crippen molar-refractivity contribution in [2.45, 2.75) is 6.54 Å². The van der Waals surface area contributed by atoms with Crippen LogP contribution in [-0.4, -0.2) is 34.3 Å². The summed E-state index contributed by atoms with van der Waals surface area (Å²) in [5.41, 5.74) is 0.457. The Bertz CT molecular complexity index is 515. The van der Waals surface area contributed by atoms with Crippen molar-refractivity contribution in [3.63, 3.8) is 0 Å². The maximum Gasteiger partial charge on any atom is 0.371 e. The molecular formula is C12H12FNO5. The van der Waals surface area contributed by atoms with Crippen LogP contribution in [-0.2, 0) is 21.0 Å². The minimum Gasteiger partial charge on any atom is -0.502 e. The minimum atomic E-state index is -1.63. The molecule has 19 heavy (non-hydrogen) atoms. The lowest BCUT2D eigenvalue weighted by molar-refractivity contribution is -0.173. The Balaban J connectivity index is 2.81. The van der Waals surface area contributed by atoms with Gasteiger partial charge in [-0.15, -0.1) is 0 Å². The quantitative estimate of drug-likeness (QED) is 0.477. The van der Waals surface area contributed by atoms with Crippen molar-refractivity contribution in [1.29, 1.82) is 0 Å². The maximum absolute atomic E-state index is 13.0. The summed E-state index contributed by atoms with van der Waals surface area (Å²) in [6.07, 6.45) is 0.505. The molecule has 2 N–H and O–H groups in total. The fraction of sp³-hybridized carbons (Fsp3) is 0.167. The van der Waals surface area contributed by atoms with Gasteiger partial charge in [0.1, 0.15) is 5.82 Å². The SMILES string of the molecule is CON(Cc1cccc(F)c1)C(=O)/C=C(\O)C(=O)O. The van der Waals surface area contributed by atoms with Crippen molar-refractivity contribution in [3.05, 3.63) is 47.5 Å². The molecule has 6 nitrogen and oxygen atoms in total. The van der Waals surface area contributed by atoms with E-state index in [2.05, 4.69) is 0 Å². The van der Waals surface area contributed by atoms with Gasteiger partial charge < -0.3 is 10.2 Å². The van der Waals surface area contributed by atoms with Crippen molar-refractivity contribution in [2.24, 2.45) is 0 Å². The van der Waals surface area contributed by atoms with Gasteiger partial charge in [0.2, 0.25) is 5.76 Å². The minimum absolute atomic E-state index is 0.0868. The number of aliphatic hydroxyl groups excluding tert-OH is 1. The van der Waals surface area contributed by atoms with Crippen LogP contribution in [0.5, 0.6) is 0 Å². The molecule has 1 aromatic rings. The predicted octanol–water partition coefficient (Wildman–Crippen LogP) is 1.24. The number of nitrogens with zero attached hydrogens (tertiary/aromatic N) is 1. The van der Waals surface area contributed by atoms with Crippen molar-refractivity contribution in [3.8, 4) is 0 Å². The molecule has 1 rings (SSSR count). The molecule has 0 heterocycles. The summed E-state index contributed by atoms with van der Waals surface area (Å²) in [6, 6.07) is 5.50. The maximum atomic E-state index is 13.0. The number of rotatable bonds is 5. The first-order chi connectivity index (χ1) is 8.93. The normalized spacial score (nSPS) is 11.2. The van der Waals surface area contributed by atoms with Crippen LogP contribution in [0.15, 0.2) is 36.1 Å². The number of benzene rings is 1. The highest BCUT2D eigenvalue weighted by Gasteiger charge is 2.15. The Morgan fingerprint density at radius 1 is 1.42 bits per heavy atom. The van der Waals surface area contributed by atoms with Crippen LogP contribution in [0.25, 0.3) is 0 Å². The van der Waals surface area contributed by atoms with E-state index in [1.165, 1.54) is 25.3 Å². The molecule has 0 aromatic heterocycles. The number of aliphatic hydroxyl groups is 1. The van der Waals surface area contributed by atoms with Crippen LogP contribution in [0.1, 0.15) is 5.56 Å². The lowest BCUT2D eigenvalue weighted by Crippen LogP contribution is -2.28. The number of carbonyl (C=O) groups excluding carboxylic acids is 1. The van der Waals surface area contributed by atoms with Gasteiger partial charge in [-0.05, 0) is 17.7 Å². The average molecular weight is 269 g/mol. The zero-order valence-electron chi connectivity index (χ0n) is 10.0. The Morgan fingerprint density at radius 2 is 2.11 bits per heavy atom. The van der Waals surface area contributed by atoms with Gasteiger partial charge in [0, 0.05) is 0 Å². The second-order valence-corrected chi connectivity index (χ2v) is 3.52. The summed E-state index contributed by atoms with van der Waals surface area (Å²) in [7, 11) is 1.20. The molecule has 0 radical (unpaired) electrons. The Morgan fingerprint density at radius 3 is 2.63 bits per heavy atom. The Kier molecular flexibility index (Phi) is 5.01. The van der Waals surface area contributed by atoms with E-state index < -0.39 is 23.5 Å². The van der Waals surface area contributed by atoms with Gasteiger partial charge >= 0.3 is 5.97 Å². The van der Waals surface area contributed by atoms with E-state index in [-0.39, 0.29) is 6.54 Å². The number of aliphatic carboxylic acids is 1. The lowest BCUT2D eigenvalue weighted by atomic mass is 10.2. The third-order valence-corrected chi connectivity index (χ3v) is 2.16. The number of amides is 1. The number of halogens is 1. The summed E-state index contributed by atoms with van der Waals surface area (Å²) in [5, 5.41) is 18.2. The van der Waals surface area contributed by atoms with Crippen LogP contribution < -0.4 is 0 Å². The monoisotopic (exact) mass is 269 g/mol. The summed E-state index contributed by atoms with van der Waals surface area (Å²) in [5.74, 6) is -4.07. The second kappa shape index (κ2) is 6.50. The fourth-order valence-electron chi connectivity index (χ4n) is 1.28. The van der Waals surface area contributed by atoms with Gasteiger partial charge in [-0.1, -0.05) is 12.1 Å². The third kappa shape index (κ3) is 4.40. The lowest BCUT2D eigenvalue weighted by Gasteiger charge is -2.18. The van der Waals surface area contributed by atoms with Crippen LogP contribution in [0.4, 0.5) is 4.39 Å². The molecule has 0 saturated heterocycles. The molecular weight excluding hydrogens is 257 g/mol. The highest BCUT2D eigenvalue weighted by molar-refractivity contribution is 5.95. The molecule has 102 valence electrons. The number of hydrogen-bond acceptors (Lipinski definition) is 4. The molecule has 0 aliphatic heterocycles. The highest BCUT2D eigenvalue weighted by atomic mass is 19.1. The second-order valence-electron chi connectivity index (χ2n) is 3.52. The smallest absolute Gasteiger partial charge is 0.371 e. The van der Waals surface area contributed by atoms with Crippen LogP contribution in [0, 0.1) is 5.82 Å². The molecule has 0 saturated carbocycles. The largest absolute Gasteiger partial charge is 0.502 e. The first kappa shape index (κ1) is 14.7. The number of hydrogen-bond donors (Lipinski definition) is 2. The molecule has 1 aromatic carbocycles. The van der Waals surface area contributed by atoms with Crippen LogP contribution >= 0.6 is 0 Å². The highest BCUT2D eigenvalue weighted by Crippen LogP contribution is 2.08. The van der Waals surface area contributed by atoms with Crippen LogP contribution in [0.3, 0.4) is 0 Å². The zero-order valence-corrected chi connectivity index (χ0v) is 10.0. The molecule has 0 bridgehead atoms. The first-order valence-corrected chi connectivity index (χ1v) is 5.18. The summed E-state index contributed by atoms with van der Waals surface area (Å²) in [6.45, 7) is -0.0868. The van der Waals surface area contributed by atoms with Crippen molar-refractivity contribution in [1.82, 2.24) is 5.06 Å². The first-order valence-electron chi connectivity index (χ1n) is 5.18. The predicted molar refractivity (Wildman–Crippen MR) is 62.3 cm³/mol. The number of carboxylic acid groups (broad SMARTS) is 1. The van der Waals surface area contributed by atoms with Gasteiger partial charge in [-0.2, -0.15) is 0 Å². The van der Waals surface area contributed by atoms with Crippen molar-refractivity contribution in [2.75, 3.05) is 7.11 Å². The molecule has 1 amide bonds. The summed E-state index contributed by atoms with van der Waals surface area (Å²) in [4.78, 5) is 26.7. The molecule has 0 aliphatic carbocycles. The van der Waals surface area contributed by atoms with Gasteiger partial charge in [-0.3, -0.25) is 9.63 Å². The molecule has 0 unspecified atom stereocenters. The standard InChI is InChI=1S/C12H12FNO5/c1-19-14(11(16)6-10(15)12(17)18)7-8-3-2-4-9(13)5-8/h2-6,15H,7H2,1H3,(H,17,18)/b10-6-. The van der Waals surface area contributed by atoms with E-state index >= 15 is 0 Å². The number of carboxylic acids is 1. The summed E-state index contributed by atoms with van der Waals surface area (Å²) < 4.78 is 13.0. The van der Waals surface area contributed by atoms with E-state index in [1.807, 2.05) is 0 Å². The zero-order chi connectivity index (χ0) is 14.4. The fourth-order valence-corrected chi connectivity index (χ4v) is 1.28. The van der Waals surface area contributed by atoms with E-state index in [4.69, 9.17) is 15.1 Å². The molecule has 0 fully saturated rings. The molecule has 0 spiro atoms. The Labute approximate surface area is 108 Å². The van der Waals surface area contributed by atoms with E-state index in [0.717, 1.165) is 5.06 Å². The molecule has 0 aliphatic rings. The van der Waals surface area contributed by atoms with Gasteiger partial charge in [-0.25, -0.2) is 14.2 Å². The average Bonchev–Trinajstić information content (AvgIpc) is 2.35. The summed E-state index contributed by atoms with van der Waals surface area (Å²) >= 11 is 0. The molecule has 0 atom stereocenters. The van der Waals surface area contributed by atoms with E-state index in [9.17, 15) is 14.0 Å². The van der Waals surface area contributed by atoms with Gasteiger partial charge in [0.25, 0.3) is 5.91 Å². The van der Waals surface area contributed by atoms with Crippen molar-refractivity contribution >= 4 is 11.9 Å². The molecule has 7 heteroatoms. The van der Waals surface area contributed by atoms with Gasteiger partial charge in [0.15, 0.2) is 0 Å². The van der Waals surface area contributed by atoms with Crippen LogP contribution in [0.2, 0.25) is 0 Å². The van der Waals surface area contributed by atoms with Gasteiger partial charge in [0.05, 0.1) is 19.7 Å². The number of hydroxylamine groups is 2.